The lowest BCUT2D eigenvalue weighted by Crippen LogP contribution is -2.27. The molecule has 3 aromatic carbocycles. The van der Waals surface area contributed by atoms with E-state index in [1.54, 1.807) is 24.3 Å². The fraction of sp³-hybridized carbons (Fsp3) is 0.130. The highest BCUT2D eigenvalue weighted by molar-refractivity contribution is 6.31. The van der Waals surface area contributed by atoms with Crippen LogP contribution < -0.4 is 16.0 Å². The highest BCUT2D eigenvalue weighted by Crippen LogP contribution is 2.19. The van der Waals surface area contributed by atoms with Crippen molar-refractivity contribution in [2.24, 2.45) is 0 Å². The quantitative estimate of drug-likeness (QED) is 0.497. The van der Waals surface area contributed by atoms with Gasteiger partial charge in [-0.1, -0.05) is 48.0 Å². The van der Waals surface area contributed by atoms with Crippen LogP contribution in [-0.4, -0.2) is 18.4 Å². The molecule has 5 nitrogen and oxygen atoms in total. The van der Waals surface area contributed by atoms with Crippen LogP contribution in [0.25, 0.3) is 0 Å². The Morgan fingerprint density at radius 2 is 1.73 bits per heavy atom. The molecule has 0 saturated heterocycles. The van der Waals surface area contributed by atoms with Crippen LogP contribution in [0.1, 0.15) is 28.9 Å². The van der Waals surface area contributed by atoms with Crippen LogP contribution in [0.15, 0.2) is 72.8 Å². The number of hydrogen-bond acceptors (Lipinski definition) is 3. The first-order valence-corrected chi connectivity index (χ1v) is 9.75. The number of halogens is 2. The summed E-state index contributed by atoms with van der Waals surface area (Å²) < 4.78 is 13.2. The number of carbonyl (C=O) groups is 2. The molecule has 1 atom stereocenters. The lowest BCUT2D eigenvalue weighted by molar-refractivity contribution is -0.114. The number of carbonyl (C=O) groups excluding carboxylic acids is 2. The lowest BCUT2D eigenvalue weighted by Gasteiger charge is -2.15. The molecule has 3 N–H and O–H groups in total. The average Bonchev–Trinajstić information content (AvgIpc) is 2.75. The molecule has 0 fully saturated rings. The van der Waals surface area contributed by atoms with Gasteiger partial charge in [-0.2, -0.15) is 0 Å². The third kappa shape index (κ3) is 5.81. The molecule has 0 radical (unpaired) electrons. The van der Waals surface area contributed by atoms with Gasteiger partial charge >= 0.3 is 0 Å². The first kappa shape index (κ1) is 21.3. The van der Waals surface area contributed by atoms with Crippen molar-refractivity contribution in [3.05, 3.63) is 94.8 Å². The van der Waals surface area contributed by atoms with Crippen molar-refractivity contribution in [3.8, 4) is 0 Å². The summed E-state index contributed by atoms with van der Waals surface area (Å²) in [5.41, 5.74) is 2.47. The molecule has 7 heteroatoms. The van der Waals surface area contributed by atoms with E-state index in [0.29, 0.717) is 16.9 Å². The van der Waals surface area contributed by atoms with E-state index < -0.39 is 5.82 Å². The molecule has 0 spiro atoms. The molecule has 0 bridgehead atoms. The van der Waals surface area contributed by atoms with E-state index in [0.717, 1.165) is 5.56 Å². The number of amides is 2. The fourth-order valence-corrected chi connectivity index (χ4v) is 3.02. The summed E-state index contributed by atoms with van der Waals surface area (Å²) >= 11 is 5.73. The third-order valence-corrected chi connectivity index (χ3v) is 4.72. The number of anilines is 2. The smallest absolute Gasteiger partial charge is 0.251 e. The van der Waals surface area contributed by atoms with E-state index in [-0.39, 0.29) is 29.4 Å². The molecule has 0 saturated carbocycles. The monoisotopic (exact) mass is 425 g/mol. The summed E-state index contributed by atoms with van der Waals surface area (Å²) in [6.07, 6.45) is 0. The molecule has 154 valence electrons. The number of nitrogens with one attached hydrogen (secondary N) is 3. The molecule has 0 aliphatic heterocycles. The number of rotatable bonds is 7. The fourth-order valence-electron chi connectivity index (χ4n) is 2.84. The predicted octanol–water partition coefficient (Wildman–Crippen LogP) is 5.02. The van der Waals surface area contributed by atoms with Crippen molar-refractivity contribution < 1.29 is 14.0 Å². The molecular formula is C23H21ClFN3O2. The van der Waals surface area contributed by atoms with Gasteiger partial charge in [0.25, 0.3) is 5.91 Å². The molecule has 0 aliphatic rings. The summed E-state index contributed by atoms with van der Waals surface area (Å²) in [5.74, 6) is -1.07. The van der Waals surface area contributed by atoms with Gasteiger partial charge in [-0.05, 0) is 48.9 Å². The van der Waals surface area contributed by atoms with Gasteiger partial charge in [0, 0.05) is 16.9 Å². The Labute approximate surface area is 179 Å². The molecular weight excluding hydrogens is 405 g/mol. The highest BCUT2D eigenvalue weighted by Gasteiger charge is 2.12. The first-order valence-electron chi connectivity index (χ1n) is 9.37. The van der Waals surface area contributed by atoms with Gasteiger partial charge in [-0.25, -0.2) is 4.39 Å². The minimum Gasteiger partial charge on any atom is -0.376 e. The van der Waals surface area contributed by atoms with Crippen LogP contribution in [0.3, 0.4) is 0 Å². The second kappa shape index (κ2) is 9.89. The van der Waals surface area contributed by atoms with E-state index in [1.165, 1.54) is 18.2 Å². The third-order valence-electron chi connectivity index (χ3n) is 4.43. The van der Waals surface area contributed by atoms with Gasteiger partial charge < -0.3 is 16.0 Å². The van der Waals surface area contributed by atoms with Crippen molar-refractivity contribution in [3.63, 3.8) is 0 Å². The maximum absolute atomic E-state index is 13.2. The lowest BCUT2D eigenvalue weighted by atomic mass is 10.1. The number of hydrogen-bond donors (Lipinski definition) is 3. The van der Waals surface area contributed by atoms with E-state index in [1.807, 2.05) is 37.3 Å². The normalized spacial score (nSPS) is 11.4. The Morgan fingerprint density at radius 1 is 0.967 bits per heavy atom. The van der Waals surface area contributed by atoms with Crippen LogP contribution in [0.5, 0.6) is 0 Å². The zero-order valence-corrected chi connectivity index (χ0v) is 17.0. The van der Waals surface area contributed by atoms with Gasteiger partial charge in [-0.3, -0.25) is 9.59 Å². The largest absolute Gasteiger partial charge is 0.376 e. The highest BCUT2D eigenvalue weighted by atomic mass is 35.5. The van der Waals surface area contributed by atoms with Gasteiger partial charge in [0.1, 0.15) is 5.82 Å². The summed E-state index contributed by atoms with van der Waals surface area (Å²) in [6, 6.07) is 20.3. The average molecular weight is 426 g/mol. The van der Waals surface area contributed by atoms with Crippen molar-refractivity contribution in [1.82, 2.24) is 5.32 Å². The van der Waals surface area contributed by atoms with Crippen LogP contribution in [0, 0.1) is 5.82 Å². The molecule has 0 heterocycles. The van der Waals surface area contributed by atoms with Crippen LogP contribution in [0.4, 0.5) is 15.8 Å². The first-order chi connectivity index (χ1) is 14.4. The predicted molar refractivity (Wildman–Crippen MR) is 117 cm³/mol. The second-order valence-electron chi connectivity index (χ2n) is 6.72. The van der Waals surface area contributed by atoms with E-state index >= 15 is 0 Å². The topological polar surface area (TPSA) is 70.2 Å². The van der Waals surface area contributed by atoms with Crippen molar-refractivity contribution in [2.45, 2.75) is 13.0 Å². The molecule has 1 unspecified atom stereocenters. The van der Waals surface area contributed by atoms with Crippen molar-refractivity contribution in [2.75, 3.05) is 17.2 Å². The van der Waals surface area contributed by atoms with Crippen molar-refractivity contribution in [1.29, 1.82) is 0 Å². The summed E-state index contributed by atoms with van der Waals surface area (Å²) in [5, 5.41) is 8.52. The van der Waals surface area contributed by atoms with Crippen LogP contribution >= 0.6 is 11.6 Å². The Bertz CT molecular complexity index is 1040. The Balaban J connectivity index is 1.57. The molecule has 3 aromatic rings. The number of benzene rings is 3. The van der Waals surface area contributed by atoms with Crippen molar-refractivity contribution >= 4 is 34.8 Å². The van der Waals surface area contributed by atoms with Gasteiger partial charge in [0.2, 0.25) is 5.91 Å². The minimum atomic E-state index is -0.525. The zero-order valence-electron chi connectivity index (χ0n) is 16.3. The Kier molecular flexibility index (Phi) is 7.03. The summed E-state index contributed by atoms with van der Waals surface area (Å²) in [4.78, 5) is 24.8. The van der Waals surface area contributed by atoms with Crippen LogP contribution in [-0.2, 0) is 4.79 Å². The second-order valence-corrected chi connectivity index (χ2v) is 7.12. The standard InChI is InChI=1S/C23H21ClFN3O2/c1-15(16-6-3-2-4-7-16)27-23(30)17-8-5-9-19(12-17)28-22(29)14-26-18-10-11-21(25)20(24)13-18/h2-13,15,26H,14H2,1H3,(H,27,30)(H,28,29). The van der Waals surface area contributed by atoms with E-state index in [4.69, 9.17) is 11.6 Å². The molecule has 3 rings (SSSR count). The van der Waals surface area contributed by atoms with Gasteiger partial charge in [0.15, 0.2) is 0 Å². The molecule has 0 aliphatic carbocycles. The molecule has 2 amide bonds. The summed E-state index contributed by atoms with van der Waals surface area (Å²) in [7, 11) is 0. The van der Waals surface area contributed by atoms with E-state index in [9.17, 15) is 14.0 Å². The van der Waals surface area contributed by atoms with E-state index in [2.05, 4.69) is 16.0 Å². The molecule has 30 heavy (non-hydrogen) atoms. The Morgan fingerprint density at radius 3 is 2.47 bits per heavy atom. The maximum atomic E-state index is 13.2. The van der Waals surface area contributed by atoms with Gasteiger partial charge in [-0.15, -0.1) is 0 Å². The van der Waals surface area contributed by atoms with Gasteiger partial charge in [0.05, 0.1) is 17.6 Å². The summed E-state index contributed by atoms with van der Waals surface area (Å²) in [6.45, 7) is 1.87. The maximum Gasteiger partial charge on any atom is 0.251 e. The molecule has 0 aromatic heterocycles. The van der Waals surface area contributed by atoms with Crippen LogP contribution in [0.2, 0.25) is 5.02 Å². The minimum absolute atomic E-state index is 0.0242. The zero-order chi connectivity index (χ0) is 21.5. The SMILES string of the molecule is CC(NC(=O)c1cccc(NC(=O)CNc2ccc(F)c(Cl)c2)c1)c1ccccc1. The Hall–Kier alpha value is -3.38.